The molecule has 1 N–H and O–H groups in total. The first-order valence-electron chi connectivity index (χ1n) is 12.4. The van der Waals surface area contributed by atoms with Crippen molar-refractivity contribution in [2.75, 3.05) is 20.3 Å². The van der Waals surface area contributed by atoms with Crippen molar-refractivity contribution in [3.8, 4) is 0 Å². The molecule has 6 heteroatoms. The molecule has 3 aromatic rings. The van der Waals surface area contributed by atoms with Gasteiger partial charge in [-0.05, 0) is 82.8 Å². The van der Waals surface area contributed by atoms with E-state index in [9.17, 15) is 9.59 Å². The van der Waals surface area contributed by atoms with Gasteiger partial charge in [-0.25, -0.2) is 4.79 Å². The molecule has 188 valence electrons. The highest BCUT2D eigenvalue weighted by atomic mass is 16.6. The van der Waals surface area contributed by atoms with E-state index < -0.39 is 5.97 Å². The quantitative estimate of drug-likeness (QED) is 0.232. The van der Waals surface area contributed by atoms with E-state index in [2.05, 4.69) is 26.1 Å². The fraction of sp³-hybridized carbons (Fsp3) is 0.448. The third-order valence-electron chi connectivity index (χ3n) is 5.91. The standard InChI is InChI=1S/C29H38N2O4/c1-7-22-17-25-18-24(28(33)35-20(2)19-34-6)14-16-31(25)26(22)27(32)23-12-10-21(11-13-23)9-8-15-30-29(3,4)5/h10-14,16-18,20,30H,7-9,15,19H2,1-6H3/t20-/m1/s1. The molecular weight excluding hydrogens is 440 g/mol. The molecule has 0 unspecified atom stereocenters. The second-order valence-corrected chi connectivity index (χ2v) is 10.1. The molecule has 0 amide bonds. The molecule has 0 saturated carbocycles. The Balaban J connectivity index is 1.77. The molecule has 2 aromatic heterocycles. The van der Waals surface area contributed by atoms with Gasteiger partial charge in [0.1, 0.15) is 6.10 Å². The van der Waals surface area contributed by atoms with Crippen LogP contribution >= 0.6 is 0 Å². The highest BCUT2D eigenvalue weighted by Crippen LogP contribution is 2.23. The van der Waals surface area contributed by atoms with Crippen LogP contribution < -0.4 is 5.32 Å². The number of nitrogens with zero attached hydrogens (tertiary/aromatic N) is 1. The van der Waals surface area contributed by atoms with Crippen LogP contribution in [0.5, 0.6) is 0 Å². The molecule has 1 aromatic carbocycles. The molecule has 0 bridgehead atoms. The Kier molecular flexibility index (Phi) is 8.87. The number of benzene rings is 1. The van der Waals surface area contributed by atoms with Crippen molar-refractivity contribution in [3.63, 3.8) is 0 Å². The number of fused-ring (bicyclic) bond motifs is 1. The van der Waals surface area contributed by atoms with Gasteiger partial charge < -0.3 is 19.2 Å². The maximum Gasteiger partial charge on any atom is 0.338 e. The minimum absolute atomic E-state index is 0.0214. The number of rotatable bonds is 11. The third kappa shape index (κ3) is 7.03. The summed E-state index contributed by atoms with van der Waals surface area (Å²) in [5.74, 6) is -0.427. The van der Waals surface area contributed by atoms with Gasteiger partial charge in [0, 0.05) is 29.9 Å². The number of ether oxygens (including phenoxy) is 2. The monoisotopic (exact) mass is 478 g/mol. The van der Waals surface area contributed by atoms with Crippen LogP contribution in [0.4, 0.5) is 0 Å². The zero-order chi connectivity index (χ0) is 25.6. The van der Waals surface area contributed by atoms with E-state index in [0.717, 1.165) is 30.5 Å². The molecule has 3 rings (SSSR count). The lowest BCUT2D eigenvalue weighted by Crippen LogP contribution is -2.36. The zero-order valence-electron chi connectivity index (χ0n) is 21.8. The highest BCUT2D eigenvalue weighted by molar-refractivity contribution is 6.09. The lowest BCUT2D eigenvalue weighted by Gasteiger charge is -2.20. The summed E-state index contributed by atoms with van der Waals surface area (Å²) in [6.07, 6.45) is 4.16. The first-order chi connectivity index (χ1) is 16.6. The Morgan fingerprint density at radius 3 is 2.40 bits per heavy atom. The Morgan fingerprint density at radius 1 is 1.06 bits per heavy atom. The van der Waals surface area contributed by atoms with Gasteiger partial charge in [-0.2, -0.15) is 0 Å². The molecule has 0 aliphatic carbocycles. The first-order valence-corrected chi connectivity index (χ1v) is 12.4. The number of esters is 1. The second kappa shape index (κ2) is 11.6. The largest absolute Gasteiger partial charge is 0.457 e. The highest BCUT2D eigenvalue weighted by Gasteiger charge is 2.20. The molecule has 0 aliphatic rings. The lowest BCUT2D eigenvalue weighted by molar-refractivity contribution is 0.0120. The lowest BCUT2D eigenvalue weighted by atomic mass is 10.0. The van der Waals surface area contributed by atoms with Crippen LogP contribution in [0.3, 0.4) is 0 Å². The minimum Gasteiger partial charge on any atom is -0.457 e. The van der Waals surface area contributed by atoms with Gasteiger partial charge in [0.05, 0.1) is 17.9 Å². The number of pyridine rings is 1. The number of nitrogens with one attached hydrogen (secondary N) is 1. The van der Waals surface area contributed by atoms with Crippen LogP contribution in [-0.4, -0.2) is 48.1 Å². The summed E-state index contributed by atoms with van der Waals surface area (Å²) in [7, 11) is 1.57. The fourth-order valence-electron chi connectivity index (χ4n) is 4.12. The van der Waals surface area contributed by atoms with Crippen LogP contribution in [0.2, 0.25) is 0 Å². The Hall–Kier alpha value is -2.96. The molecule has 0 radical (unpaired) electrons. The van der Waals surface area contributed by atoms with Crippen molar-refractivity contribution in [2.24, 2.45) is 0 Å². The number of aromatic nitrogens is 1. The van der Waals surface area contributed by atoms with E-state index in [1.54, 1.807) is 32.4 Å². The molecule has 0 saturated heterocycles. The van der Waals surface area contributed by atoms with Gasteiger partial charge in [0.2, 0.25) is 5.78 Å². The molecular formula is C29H38N2O4. The van der Waals surface area contributed by atoms with Crippen molar-refractivity contribution >= 4 is 17.3 Å². The molecule has 0 fully saturated rings. The zero-order valence-corrected chi connectivity index (χ0v) is 21.8. The van der Waals surface area contributed by atoms with Crippen molar-refractivity contribution < 1.29 is 19.1 Å². The molecule has 0 aliphatic heterocycles. The summed E-state index contributed by atoms with van der Waals surface area (Å²) in [5, 5.41) is 3.50. The van der Waals surface area contributed by atoms with E-state index in [1.165, 1.54) is 5.56 Å². The Labute approximate surface area is 208 Å². The van der Waals surface area contributed by atoms with Gasteiger partial charge in [-0.1, -0.05) is 31.2 Å². The van der Waals surface area contributed by atoms with Gasteiger partial charge in [0.25, 0.3) is 0 Å². The summed E-state index contributed by atoms with van der Waals surface area (Å²) in [4.78, 5) is 26.0. The van der Waals surface area contributed by atoms with Crippen LogP contribution in [0, 0.1) is 0 Å². The Morgan fingerprint density at radius 2 is 1.77 bits per heavy atom. The van der Waals surface area contributed by atoms with Gasteiger partial charge in [-0.3, -0.25) is 4.79 Å². The van der Waals surface area contributed by atoms with Gasteiger partial charge in [-0.15, -0.1) is 0 Å². The summed E-state index contributed by atoms with van der Waals surface area (Å²) in [6.45, 7) is 11.6. The van der Waals surface area contributed by atoms with Crippen LogP contribution in [-0.2, 0) is 22.3 Å². The topological polar surface area (TPSA) is 69.0 Å². The fourth-order valence-corrected chi connectivity index (χ4v) is 4.12. The van der Waals surface area contributed by atoms with Crippen LogP contribution in [0.25, 0.3) is 5.52 Å². The molecule has 0 spiro atoms. The van der Waals surface area contributed by atoms with Gasteiger partial charge in [0.15, 0.2) is 0 Å². The number of hydrogen-bond donors (Lipinski definition) is 1. The van der Waals surface area contributed by atoms with E-state index in [4.69, 9.17) is 9.47 Å². The van der Waals surface area contributed by atoms with Gasteiger partial charge >= 0.3 is 5.97 Å². The summed E-state index contributed by atoms with van der Waals surface area (Å²) < 4.78 is 12.3. The number of methoxy groups -OCH3 is 1. The minimum atomic E-state index is -0.405. The number of carbonyl (C=O) groups excluding carboxylic acids is 2. The summed E-state index contributed by atoms with van der Waals surface area (Å²) in [6, 6.07) is 13.3. The number of aryl methyl sites for hydroxylation is 2. The number of hydrogen-bond acceptors (Lipinski definition) is 5. The maximum absolute atomic E-state index is 13.5. The van der Waals surface area contributed by atoms with E-state index >= 15 is 0 Å². The van der Waals surface area contributed by atoms with Crippen LogP contribution in [0.15, 0.2) is 48.7 Å². The van der Waals surface area contributed by atoms with E-state index in [0.29, 0.717) is 29.8 Å². The average molecular weight is 479 g/mol. The molecule has 6 nitrogen and oxygen atoms in total. The van der Waals surface area contributed by atoms with Crippen molar-refractivity contribution in [3.05, 3.63) is 76.6 Å². The van der Waals surface area contributed by atoms with E-state index in [1.807, 2.05) is 41.7 Å². The average Bonchev–Trinajstić information content (AvgIpc) is 3.19. The van der Waals surface area contributed by atoms with Crippen molar-refractivity contribution in [2.45, 2.75) is 65.5 Å². The first kappa shape index (κ1) is 26.6. The number of carbonyl (C=O) groups is 2. The normalized spacial score (nSPS) is 12.6. The van der Waals surface area contributed by atoms with Crippen molar-refractivity contribution in [1.29, 1.82) is 0 Å². The number of ketones is 1. The van der Waals surface area contributed by atoms with Crippen molar-refractivity contribution in [1.82, 2.24) is 9.72 Å². The second-order valence-electron chi connectivity index (χ2n) is 10.1. The molecule has 35 heavy (non-hydrogen) atoms. The van der Waals surface area contributed by atoms with E-state index in [-0.39, 0.29) is 17.4 Å². The predicted molar refractivity (Wildman–Crippen MR) is 139 cm³/mol. The predicted octanol–water partition coefficient (Wildman–Crippen LogP) is 5.25. The molecule has 2 heterocycles. The third-order valence-corrected chi connectivity index (χ3v) is 5.91. The smallest absolute Gasteiger partial charge is 0.338 e. The summed E-state index contributed by atoms with van der Waals surface area (Å²) >= 11 is 0. The van der Waals surface area contributed by atoms with Crippen LogP contribution in [0.1, 0.15) is 78.6 Å². The molecule has 1 atom stereocenters. The summed E-state index contributed by atoms with van der Waals surface area (Å²) in [5.41, 5.74) is 4.83. The Bertz CT molecular complexity index is 1160. The maximum atomic E-state index is 13.5. The SMILES string of the molecule is CCc1cc2cc(C(=O)O[C@H](C)COC)ccn2c1C(=O)c1ccc(CCCNC(C)(C)C)cc1.